The molecule has 1 N–H and O–H groups in total. The van der Waals surface area contributed by atoms with Crippen molar-refractivity contribution in [1.29, 1.82) is 0 Å². The Morgan fingerprint density at radius 1 is 1.42 bits per heavy atom. The van der Waals surface area contributed by atoms with E-state index in [0.717, 1.165) is 29.4 Å². The molecule has 0 saturated carbocycles. The van der Waals surface area contributed by atoms with E-state index in [0.29, 0.717) is 11.7 Å². The van der Waals surface area contributed by atoms with Crippen molar-refractivity contribution in [3.63, 3.8) is 0 Å². The third-order valence-electron chi connectivity index (χ3n) is 3.63. The van der Waals surface area contributed by atoms with Crippen LogP contribution in [0.5, 0.6) is 0 Å². The number of benzene rings is 1. The summed E-state index contributed by atoms with van der Waals surface area (Å²) in [6.45, 7) is 5.17. The first-order valence-corrected chi connectivity index (χ1v) is 7.23. The van der Waals surface area contributed by atoms with Crippen LogP contribution in [0.15, 0.2) is 27.2 Å². The fraction of sp³-hybridized carbons (Fsp3) is 0.429. The second-order valence-corrected chi connectivity index (χ2v) is 6.12. The highest BCUT2D eigenvalue weighted by atomic mass is 79.9. The minimum absolute atomic E-state index is 0.178. The van der Waals surface area contributed by atoms with Crippen LogP contribution in [-0.2, 0) is 5.54 Å². The van der Waals surface area contributed by atoms with E-state index in [9.17, 15) is 0 Å². The van der Waals surface area contributed by atoms with Crippen LogP contribution < -0.4 is 5.32 Å². The van der Waals surface area contributed by atoms with Gasteiger partial charge in [0.05, 0.1) is 5.54 Å². The lowest BCUT2D eigenvalue weighted by Crippen LogP contribution is -2.33. The summed E-state index contributed by atoms with van der Waals surface area (Å²) in [7, 11) is 0. The number of hydrogen-bond acceptors (Lipinski definition) is 4. The first-order chi connectivity index (χ1) is 9.08. The van der Waals surface area contributed by atoms with E-state index in [2.05, 4.69) is 51.3 Å². The fourth-order valence-electron chi connectivity index (χ4n) is 2.44. The maximum atomic E-state index is 5.45. The summed E-state index contributed by atoms with van der Waals surface area (Å²) in [5.74, 6) is 1.31. The number of aromatic nitrogens is 2. The standard InChI is InChI=1S/C14H16BrN3O/c1-9-4-5-10(11(15)8-9)12-17-13(19-18-12)14(2)6-3-7-16-14/h4-5,8,16H,3,6-7H2,1-2H3. The van der Waals surface area contributed by atoms with Crippen LogP contribution >= 0.6 is 15.9 Å². The van der Waals surface area contributed by atoms with Crippen molar-refractivity contribution >= 4 is 15.9 Å². The molecule has 0 spiro atoms. The smallest absolute Gasteiger partial charge is 0.246 e. The third-order valence-corrected chi connectivity index (χ3v) is 4.29. The Hall–Kier alpha value is -1.20. The zero-order valence-corrected chi connectivity index (χ0v) is 12.6. The van der Waals surface area contributed by atoms with E-state index in [1.807, 2.05) is 12.1 Å². The highest BCUT2D eigenvalue weighted by Crippen LogP contribution is 2.32. The zero-order valence-electron chi connectivity index (χ0n) is 11.0. The molecule has 3 rings (SSSR count). The minimum Gasteiger partial charge on any atom is -0.337 e. The molecule has 2 heterocycles. The highest BCUT2D eigenvalue weighted by molar-refractivity contribution is 9.10. The molecule has 19 heavy (non-hydrogen) atoms. The summed E-state index contributed by atoms with van der Waals surface area (Å²) in [6, 6.07) is 6.12. The summed E-state index contributed by atoms with van der Waals surface area (Å²) in [6.07, 6.45) is 2.17. The van der Waals surface area contributed by atoms with Crippen molar-refractivity contribution in [3.8, 4) is 11.4 Å². The van der Waals surface area contributed by atoms with Gasteiger partial charge in [0.2, 0.25) is 11.7 Å². The van der Waals surface area contributed by atoms with Gasteiger partial charge >= 0.3 is 0 Å². The van der Waals surface area contributed by atoms with Gasteiger partial charge in [-0.15, -0.1) is 0 Å². The van der Waals surface area contributed by atoms with Gasteiger partial charge in [0.25, 0.3) is 0 Å². The first-order valence-electron chi connectivity index (χ1n) is 6.44. The maximum Gasteiger partial charge on any atom is 0.246 e. The van der Waals surface area contributed by atoms with Gasteiger partial charge < -0.3 is 9.84 Å². The molecule has 1 saturated heterocycles. The van der Waals surface area contributed by atoms with Gasteiger partial charge in [-0.2, -0.15) is 4.98 Å². The number of halogens is 1. The van der Waals surface area contributed by atoms with Gasteiger partial charge in [0.15, 0.2) is 0 Å². The fourth-order valence-corrected chi connectivity index (χ4v) is 3.11. The van der Waals surface area contributed by atoms with Gasteiger partial charge in [0, 0.05) is 10.0 Å². The van der Waals surface area contributed by atoms with Gasteiger partial charge in [-0.1, -0.05) is 27.2 Å². The third kappa shape index (κ3) is 2.32. The lowest BCUT2D eigenvalue weighted by Gasteiger charge is -2.18. The Balaban J connectivity index is 1.97. The number of nitrogens with one attached hydrogen (secondary N) is 1. The first kappa shape index (κ1) is 12.8. The van der Waals surface area contributed by atoms with Crippen molar-refractivity contribution in [3.05, 3.63) is 34.1 Å². The summed E-state index contributed by atoms with van der Waals surface area (Å²) < 4.78 is 6.44. The van der Waals surface area contributed by atoms with Crippen LogP contribution in [0.25, 0.3) is 11.4 Å². The van der Waals surface area contributed by atoms with Crippen molar-refractivity contribution in [2.45, 2.75) is 32.2 Å². The second-order valence-electron chi connectivity index (χ2n) is 5.27. The summed E-state index contributed by atoms with van der Waals surface area (Å²) in [5, 5.41) is 7.54. The molecular formula is C14H16BrN3O. The van der Waals surface area contributed by atoms with Crippen molar-refractivity contribution in [2.24, 2.45) is 0 Å². The van der Waals surface area contributed by atoms with Crippen LogP contribution in [0.3, 0.4) is 0 Å². The average Bonchev–Trinajstić information content (AvgIpc) is 2.99. The Morgan fingerprint density at radius 3 is 2.95 bits per heavy atom. The summed E-state index contributed by atoms with van der Waals surface area (Å²) >= 11 is 3.55. The topological polar surface area (TPSA) is 51.0 Å². The SMILES string of the molecule is Cc1ccc(-c2noc(C3(C)CCCN3)n2)c(Br)c1. The number of rotatable bonds is 2. The number of nitrogens with zero attached hydrogens (tertiary/aromatic N) is 2. The Morgan fingerprint density at radius 2 is 2.26 bits per heavy atom. The van der Waals surface area contributed by atoms with Crippen LogP contribution in [0.4, 0.5) is 0 Å². The monoisotopic (exact) mass is 321 g/mol. The Labute approximate surface area is 120 Å². The molecule has 1 unspecified atom stereocenters. The second kappa shape index (κ2) is 4.72. The lowest BCUT2D eigenvalue weighted by atomic mass is 10.0. The molecule has 100 valence electrons. The largest absolute Gasteiger partial charge is 0.337 e. The molecule has 1 aromatic carbocycles. The number of hydrogen-bond donors (Lipinski definition) is 1. The van der Waals surface area contributed by atoms with Crippen LogP contribution in [0.1, 0.15) is 31.2 Å². The van der Waals surface area contributed by atoms with Gasteiger partial charge in [0.1, 0.15) is 0 Å². The van der Waals surface area contributed by atoms with Crippen molar-refractivity contribution in [2.75, 3.05) is 6.54 Å². The molecule has 0 radical (unpaired) electrons. The van der Waals surface area contributed by atoms with E-state index in [1.54, 1.807) is 0 Å². The van der Waals surface area contributed by atoms with Crippen LogP contribution in [-0.4, -0.2) is 16.7 Å². The predicted octanol–water partition coefficient (Wildman–Crippen LogP) is 3.41. The zero-order chi connectivity index (χ0) is 13.5. The normalized spacial score (nSPS) is 22.9. The predicted molar refractivity (Wildman–Crippen MR) is 76.8 cm³/mol. The molecule has 2 aromatic rings. The van der Waals surface area contributed by atoms with Crippen LogP contribution in [0.2, 0.25) is 0 Å². The van der Waals surface area contributed by atoms with Crippen LogP contribution in [0, 0.1) is 6.92 Å². The molecule has 1 aliphatic rings. The van der Waals surface area contributed by atoms with Gasteiger partial charge in [-0.3, -0.25) is 0 Å². The van der Waals surface area contributed by atoms with E-state index < -0.39 is 0 Å². The Bertz CT molecular complexity index is 602. The summed E-state index contributed by atoms with van der Waals surface area (Å²) in [5.41, 5.74) is 1.98. The van der Waals surface area contributed by atoms with Crippen molar-refractivity contribution in [1.82, 2.24) is 15.5 Å². The minimum atomic E-state index is -0.178. The molecule has 1 fully saturated rings. The highest BCUT2D eigenvalue weighted by Gasteiger charge is 2.35. The quantitative estimate of drug-likeness (QED) is 0.921. The van der Waals surface area contributed by atoms with E-state index in [4.69, 9.17) is 4.52 Å². The average molecular weight is 322 g/mol. The van der Waals surface area contributed by atoms with E-state index in [-0.39, 0.29) is 5.54 Å². The summed E-state index contributed by atoms with van der Waals surface area (Å²) in [4.78, 5) is 4.55. The van der Waals surface area contributed by atoms with E-state index >= 15 is 0 Å². The molecule has 5 heteroatoms. The Kier molecular flexibility index (Phi) is 3.19. The molecule has 1 aromatic heterocycles. The lowest BCUT2D eigenvalue weighted by molar-refractivity contribution is 0.275. The number of aryl methyl sites for hydroxylation is 1. The molecule has 4 nitrogen and oxygen atoms in total. The molecule has 1 atom stereocenters. The van der Waals surface area contributed by atoms with Crippen molar-refractivity contribution < 1.29 is 4.52 Å². The van der Waals surface area contributed by atoms with Gasteiger partial charge in [-0.25, -0.2) is 0 Å². The molecule has 1 aliphatic heterocycles. The molecule has 0 aliphatic carbocycles. The molecular weight excluding hydrogens is 306 g/mol. The van der Waals surface area contributed by atoms with Gasteiger partial charge in [-0.05, 0) is 50.9 Å². The van der Waals surface area contributed by atoms with E-state index in [1.165, 1.54) is 5.56 Å². The maximum absolute atomic E-state index is 5.45. The molecule has 0 amide bonds. The molecule has 0 bridgehead atoms.